The van der Waals surface area contributed by atoms with Gasteiger partial charge in [0.05, 0.1) is 17.9 Å². The number of fused-ring (bicyclic) bond motifs is 1. The smallest absolute Gasteiger partial charge is 0.475 e. The van der Waals surface area contributed by atoms with Gasteiger partial charge < -0.3 is 21.5 Å². The maximum Gasteiger partial charge on any atom is 0.490 e. The number of alkyl halides is 7. The highest BCUT2D eigenvalue weighted by Crippen LogP contribution is 2.34. The van der Waals surface area contributed by atoms with Crippen LogP contribution in [0, 0.1) is 0 Å². The van der Waals surface area contributed by atoms with E-state index < -0.39 is 48.2 Å². The average molecular weight is 582 g/mol. The molecule has 4 rings (SSSR count). The molecule has 2 atom stereocenters. The van der Waals surface area contributed by atoms with Gasteiger partial charge in [0.25, 0.3) is 18.3 Å². The van der Waals surface area contributed by atoms with Crippen molar-refractivity contribution in [2.24, 2.45) is 5.73 Å². The second-order valence-corrected chi connectivity index (χ2v) is 9.13. The standard InChI is InChI=1S/C20H24F4N8O.C2HF3O2/c1-10(2)32-9-13(15(30-32)17(21)22)28-19(33)11-8-26-31-7-5-14(29-18(11)31)27-12-4-3-6-20(23,24)16(12)25;3-2(4,5)1(6)7/h5,7-10,12,16-17H,3-4,6,25H2,1-2H3,(H,27,29)(H,28,33);(H,6,7)/t12-,16-;/m1./s1. The Morgan fingerprint density at radius 3 is 2.48 bits per heavy atom. The van der Waals surface area contributed by atoms with Crippen LogP contribution in [0.15, 0.2) is 24.7 Å². The maximum absolute atomic E-state index is 14.0. The van der Waals surface area contributed by atoms with Gasteiger partial charge in [-0.25, -0.2) is 31.9 Å². The molecule has 40 heavy (non-hydrogen) atoms. The van der Waals surface area contributed by atoms with Gasteiger partial charge in [0.1, 0.15) is 11.4 Å². The molecule has 220 valence electrons. The molecule has 0 saturated heterocycles. The first-order chi connectivity index (χ1) is 18.5. The zero-order valence-corrected chi connectivity index (χ0v) is 21.0. The van der Waals surface area contributed by atoms with E-state index in [1.807, 2.05) is 0 Å². The molecule has 11 nitrogen and oxygen atoms in total. The van der Waals surface area contributed by atoms with Crippen LogP contribution in [0.3, 0.4) is 0 Å². The third-order valence-corrected chi connectivity index (χ3v) is 5.88. The molecule has 3 heterocycles. The summed E-state index contributed by atoms with van der Waals surface area (Å²) in [6.45, 7) is 3.54. The lowest BCUT2D eigenvalue weighted by Crippen LogP contribution is -2.55. The molecular weight excluding hydrogens is 557 g/mol. The van der Waals surface area contributed by atoms with Gasteiger partial charge in [-0.05, 0) is 32.8 Å². The number of carbonyl (C=O) groups is 2. The molecule has 3 aromatic rings. The molecule has 1 fully saturated rings. The third kappa shape index (κ3) is 6.97. The summed E-state index contributed by atoms with van der Waals surface area (Å²) in [6, 6.07) is -0.719. The van der Waals surface area contributed by atoms with E-state index in [0.717, 1.165) is 0 Å². The summed E-state index contributed by atoms with van der Waals surface area (Å²) in [4.78, 5) is 26.1. The molecule has 1 saturated carbocycles. The van der Waals surface area contributed by atoms with E-state index in [2.05, 4.69) is 25.8 Å². The topological polar surface area (TPSA) is 152 Å². The van der Waals surface area contributed by atoms with Gasteiger partial charge in [-0.3, -0.25) is 9.48 Å². The molecule has 0 unspecified atom stereocenters. The lowest BCUT2D eigenvalue weighted by molar-refractivity contribution is -0.192. The number of aromatic nitrogens is 5. The minimum atomic E-state index is -5.08. The van der Waals surface area contributed by atoms with Crippen LogP contribution in [0.25, 0.3) is 5.65 Å². The molecule has 1 aliphatic carbocycles. The van der Waals surface area contributed by atoms with Gasteiger partial charge in [0.15, 0.2) is 11.3 Å². The van der Waals surface area contributed by atoms with Crippen LogP contribution in [0.2, 0.25) is 0 Å². The zero-order valence-electron chi connectivity index (χ0n) is 21.0. The first-order valence-corrected chi connectivity index (χ1v) is 11.7. The fourth-order valence-corrected chi connectivity index (χ4v) is 3.78. The van der Waals surface area contributed by atoms with Gasteiger partial charge in [-0.1, -0.05) is 0 Å². The van der Waals surface area contributed by atoms with Gasteiger partial charge in [0.2, 0.25) is 0 Å². The predicted molar refractivity (Wildman–Crippen MR) is 126 cm³/mol. The summed E-state index contributed by atoms with van der Waals surface area (Å²) in [5, 5.41) is 20.4. The minimum absolute atomic E-state index is 0.0226. The Bertz CT molecular complexity index is 1360. The van der Waals surface area contributed by atoms with E-state index in [1.165, 1.54) is 33.9 Å². The molecule has 1 aliphatic rings. The second kappa shape index (κ2) is 11.6. The Balaban J connectivity index is 0.000000559. The van der Waals surface area contributed by atoms with Crippen molar-refractivity contribution in [3.05, 3.63) is 35.9 Å². The van der Waals surface area contributed by atoms with Crippen molar-refractivity contribution in [3.8, 4) is 0 Å². The summed E-state index contributed by atoms with van der Waals surface area (Å²) in [6.07, 6.45) is -3.37. The number of aliphatic carboxylic acids is 1. The highest BCUT2D eigenvalue weighted by Gasteiger charge is 2.44. The lowest BCUT2D eigenvalue weighted by atomic mass is 9.87. The van der Waals surface area contributed by atoms with Crippen LogP contribution in [-0.4, -0.2) is 65.5 Å². The Labute approximate surface area is 221 Å². The molecule has 18 heteroatoms. The largest absolute Gasteiger partial charge is 0.490 e. The summed E-state index contributed by atoms with van der Waals surface area (Å²) >= 11 is 0. The van der Waals surface area contributed by atoms with Crippen molar-refractivity contribution < 1.29 is 45.4 Å². The SMILES string of the molecule is CC(C)n1cc(NC(=O)c2cnn3ccc(N[C@@H]4CCCC(F)(F)[C@@H]4N)nc23)c(C(F)F)n1.O=C(O)C(F)(F)F. The van der Waals surface area contributed by atoms with Crippen molar-refractivity contribution in [2.45, 2.75) is 69.8 Å². The van der Waals surface area contributed by atoms with Crippen molar-refractivity contribution in [1.29, 1.82) is 0 Å². The number of hydrogen-bond donors (Lipinski definition) is 4. The maximum atomic E-state index is 14.0. The second-order valence-electron chi connectivity index (χ2n) is 9.13. The molecule has 0 aromatic carbocycles. The number of carbonyl (C=O) groups excluding carboxylic acids is 1. The van der Waals surface area contributed by atoms with E-state index in [1.54, 1.807) is 13.8 Å². The summed E-state index contributed by atoms with van der Waals surface area (Å²) in [5.74, 6) is -6.20. The highest BCUT2D eigenvalue weighted by molar-refractivity contribution is 6.08. The van der Waals surface area contributed by atoms with Crippen molar-refractivity contribution in [1.82, 2.24) is 24.4 Å². The summed E-state index contributed by atoms with van der Waals surface area (Å²) in [7, 11) is 0. The van der Waals surface area contributed by atoms with E-state index in [9.17, 15) is 35.5 Å². The quantitative estimate of drug-likeness (QED) is 0.315. The van der Waals surface area contributed by atoms with Crippen molar-refractivity contribution in [3.63, 3.8) is 0 Å². The minimum Gasteiger partial charge on any atom is -0.475 e. The molecule has 0 aliphatic heterocycles. The van der Waals surface area contributed by atoms with E-state index in [4.69, 9.17) is 15.6 Å². The predicted octanol–water partition coefficient (Wildman–Crippen LogP) is 4.26. The van der Waals surface area contributed by atoms with E-state index in [0.29, 0.717) is 12.8 Å². The molecule has 0 radical (unpaired) electrons. The fourth-order valence-electron chi connectivity index (χ4n) is 3.78. The Kier molecular flexibility index (Phi) is 8.90. The van der Waals surface area contributed by atoms with Gasteiger partial charge in [-0.2, -0.15) is 23.4 Å². The Morgan fingerprint density at radius 1 is 1.25 bits per heavy atom. The summed E-state index contributed by atoms with van der Waals surface area (Å²) in [5.41, 5.74) is 5.22. The first kappa shape index (κ1) is 30.6. The molecule has 3 aromatic heterocycles. The lowest BCUT2D eigenvalue weighted by Gasteiger charge is -2.36. The fraction of sp³-hybridized carbons (Fsp3) is 0.500. The number of nitrogens with two attached hydrogens (primary N) is 1. The van der Waals surface area contributed by atoms with Gasteiger partial charge in [-0.15, -0.1) is 0 Å². The van der Waals surface area contributed by atoms with Crippen LogP contribution in [0.4, 0.5) is 42.2 Å². The molecule has 5 N–H and O–H groups in total. The number of carboxylic acid groups (broad SMARTS) is 1. The average Bonchev–Trinajstić information content (AvgIpc) is 3.46. The number of hydrogen-bond acceptors (Lipinski definition) is 7. The molecule has 0 bridgehead atoms. The van der Waals surface area contributed by atoms with Crippen LogP contribution >= 0.6 is 0 Å². The van der Waals surface area contributed by atoms with Crippen LogP contribution in [0.5, 0.6) is 0 Å². The third-order valence-electron chi connectivity index (χ3n) is 5.88. The Hall–Kier alpha value is -3.96. The molecular formula is C22H25F7N8O3. The number of carboxylic acids is 1. The highest BCUT2D eigenvalue weighted by atomic mass is 19.4. The van der Waals surface area contributed by atoms with Gasteiger partial charge >= 0.3 is 12.1 Å². The number of nitrogens with zero attached hydrogens (tertiary/aromatic N) is 5. The molecule has 1 amide bonds. The monoisotopic (exact) mass is 582 g/mol. The summed E-state index contributed by atoms with van der Waals surface area (Å²) < 4.78 is 89.1. The normalized spacial score (nSPS) is 18.9. The van der Waals surface area contributed by atoms with E-state index >= 15 is 0 Å². The Morgan fingerprint density at radius 2 is 1.90 bits per heavy atom. The first-order valence-electron chi connectivity index (χ1n) is 11.7. The number of halogens is 7. The van der Waals surface area contributed by atoms with E-state index in [-0.39, 0.29) is 35.2 Å². The van der Waals surface area contributed by atoms with Crippen molar-refractivity contribution >= 4 is 29.0 Å². The van der Waals surface area contributed by atoms with Gasteiger partial charge in [0, 0.05) is 30.9 Å². The zero-order chi connectivity index (χ0) is 30.0. The number of anilines is 2. The van der Waals surface area contributed by atoms with Crippen LogP contribution < -0.4 is 16.4 Å². The molecule has 0 spiro atoms. The van der Waals surface area contributed by atoms with Crippen molar-refractivity contribution in [2.75, 3.05) is 10.6 Å². The number of rotatable bonds is 6. The number of nitrogens with one attached hydrogen (secondary N) is 2. The number of amides is 1. The van der Waals surface area contributed by atoms with Crippen LogP contribution in [0.1, 0.15) is 61.6 Å². The van der Waals surface area contributed by atoms with Crippen LogP contribution in [-0.2, 0) is 4.79 Å².